The number of carbonyl (C=O) groups is 3. The van der Waals surface area contributed by atoms with Gasteiger partial charge in [-0.15, -0.1) is 0 Å². The Morgan fingerprint density at radius 1 is 1.09 bits per heavy atom. The van der Waals surface area contributed by atoms with Crippen molar-refractivity contribution >= 4 is 17.7 Å². The van der Waals surface area contributed by atoms with Crippen LogP contribution in [0.5, 0.6) is 5.75 Å². The summed E-state index contributed by atoms with van der Waals surface area (Å²) in [5.41, 5.74) is 1.87. The fraction of sp³-hybridized carbons (Fsp3) is 0.370. The minimum atomic E-state index is -0.950. The molecule has 1 aromatic heterocycles. The highest BCUT2D eigenvalue weighted by atomic mass is 16.6. The average molecular weight is 480 g/mol. The van der Waals surface area contributed by atoms with Crippen LogP contribution < -0.4 is 10.1 Å². The van der Waals surface area contributed by atoms with Gasteiger partial charge in [0.05, 0.1) is 18.6 Å². The Morgan fingerprint density at radius 3 is 2.49 bits per heavy atom. The van der Waals surface area contributed by atoms with Gasteiger partial charge < -0.3 is 23.9 Å². The van der Waals surface area contributed by atoms with Gasteiger partial charge in [-0.25, -0.2) is 4.79 Å². The number of dihydropyridines is 1. The molecular weight excluding hydrogens is 450 g/mol. The van der Waals surface area contributed by atoms with Crippen LogP contribution in [0.4, 0.5) is 0 Å². The van der Waals surface area contributed by atoms with E-state index in [0.29, 0.717) is 40.7 Å². The predicted molar refractivity (Wildman–Crippen MR) is 126 cm³/mol. The van der Waals surface area contributed by atoms with Crippen LogP contribution in [0.3, 0.4) is 0 Å². The number of hydrogen-bond donors (Lipinski definition) is 1. The molecule has 0 bridgehead atoms. The van der Waals surface area contributed by atoms with Crippen LogP contribution >= 0.6 is 0 Å². The van der Waals surface area contributed by atoms with Gasteiger partial charge in [-0.2, -0.15) is 0 Å². The topological polar surface area (TPSA) is 104 Å². The van der Waals surface area contributed by atoms with Crippen LogP contribution in [0.1, 0.15) is 37.7 Å². The molecule has 184 valence electrons. The standard InChI is InChI=1S/C27H29NO7/c1-15-14-19-23(25(29)21(15)26(30)32-4)24(20-11-10-16(2)35-20)22(17(3)28-19)27(31)34-13-12-33-18-8-6-5-7-9-18/h5-11,15,21,24,28H,12-14H2,1-4H3/t15-,21-,24+/m1/s1. The number of ketones is 1. The van der Waals surface area contributed by atoms with Gasteiger partial charge in [-0.3, -0.25) is 9.59 Å². The van der Waals surface area contributed by atoms with Crippen molar-refractivity contribution < 1.29 is 33.0 Å². The van der Waals surface area contributed by atoms with E-state index in [1.165, 1.54) is 7.11 Å². The number of allylic oxidation sites excluding steroid dienone is 3. The summed E-state index contributed by atoms with van der Waals surface area (Å²) in [4.78, 5) is 39.4. The first kappa shape index (κ1) is 24.3. The summed E-state index contributed by atoms with van der Waals surface area (Å²) >= 11 is 0. The highest BCUT2D eigenvalue weighted by molar-refractivity contribution is 6.12. The maximum Gasteiger partial charge on any atom is 0.336 e. The number of methoxy groups -OCH3 is 1. The highest BCUT2D eigenvalue weighted by Crippen LogP contribution is 2.45. The second-order valence-corrected chi connectivity index (χ2v) is 8.78. The molecular formula is C27H29NO7. The molecule has 0 amide bonds. The van der Waals surface area contributed by atoms with Crippen molar-refractivity contribution in [1.29, 1.82) is 0 Å². The van der Waals surface area contributed by atoms with E-state index >= 15 is 0 Å². The average Bonchev–Trinajstić information content (AvgIpc) is 3.27. The van der Waals surface area contributed by atoms with Crippen molar-refractivity contribution in [3.05, 3.63) is 76.5 Å². The van der Waals surface area contributed by atoms with E-state index in [2.05, 4.69) is 5.32 Å². The fourth-order valence-corrected chi connectivity index (χ4v) is 4.73. The number of hydrogen-bond acceptors (Lipinski definition) is 8. The normalized spacial score (nSPS) is 21.8. The number of esters is 2. The Balaban J connectivity index is 1.61. The molecule has 2 aromatic rings. The molecule has 2 aliphatic rings. The lowest BCUT2D eigenvalue weighted by molar-refractivity contribution is -0.151. The van der Waals surface area contributed by atoms with Gasteiger partial charge in [0.15, 0.2) is 5.78 Å². The van der Waals surface area contributed by atoms with Crippen molar-refractivity contribution in [1.82, 2.24) is 5.32 Å². The van der Waals surface area contributed by atoms with Crippen LogP contribution in [0.25, 0.3) is 0 Å². The van der Waals surface area contributed by atoms with Gasteiger partial charge >= 0.3 is 11.9 Å². The second kappa shape index (κ2) is 10.2. The number of Topliss-reactive ketones (excluding diaryl/α,β-unsaturated/α-hetero) is 1. The Morgan fingerprint density at radius 2 is 1.83 bits per heavy atom. The molecule has 0 saturated heterocycles. The third-order valence-electron chi connectivity index (χ3n) is 6.34. The molecule has 1 aliphatic heterocycles. The summed E-state index contributed by atoms with van der Waals surface area (Å²) in [5, 5.41) is 3.22. The first-order chi connectivity index (χ1) is 16.8. The smallest absolute Gasteiger partial charge is 0.336 e. The van der Waals surface area contributed by atoms with E-state index in [9.17, 15) is 14.4 Å². The number of carbonyl (C=O) groups excluding carboxylic acids is 3. The lowest BCUT2D eigenvalue weighted by Gasteiger charge is -2.37. The fourth-order valence-electron chi connectivity index (χ4n) is 4.73. The van der Waals surface area contributed by atoms with Gasteiger partial charge in [0, 0.05) is 17.0 Å². The monoisotopic (exact) mass is 479 g/mol. The van der Waals surface area contributed by atoms with Gasteiger partial charge in [-0.1, -0.05) is 25.1 Å². The van der Waals surface area contributed by atoms with Crippen molar-refractivity contribution in [3.8, 4) is 5.75 Å². The second-order valence-electron chi connectivity index (χ2n) is 8.78. The van der Waals surface area contributed by atoms with E-state index < -0.39 is 23.8 Å². The largest absolute Gasteiger partial charge is 0.490 e. The molecule has 4 rings (SSSR count). The number of furan rings is 1. The lowest BCUT2D eigenvalue weighted by atomic mass is 9.70. The zero-order chi connectivity index (χ0) is 25.1. The summed E-state index contributed by atoms with van der Waals surface area (Å²) in [5.74, 6) is -1.79. The Hall–Kier alpha value is -3.81. The van der Waals surface area contributed by atoms with Gasteiger partial charge in [0.25, 0.3) is 0 Å². The molecule has 0 fully saturated rings. The van der Waals surface area contributed by atoms with Crippen LogP contribution in [-0.4, -0.2) is 38.0 Å². The van der Waals surface area contributed by atoms with Gasteiger partial charge in [0.2, 0.25) is 0 Å². The maximum absolute atomic E-state index is 13.6. The van der Waals surface area contributed by atoms with E-state index in [1.54, 1.807) is 26.0 Å². The molecule has 8 nitrogen and oxygen atoms in total. The summed E-state index contributed by atoms with van der Waals surface area (Å²) < 4.78 is 21.9. The minimum Gasteiger partial charge on any atom is -0.490 e. The van der Waals surface area contributed by atoms with Crippen LogP contribution in [0.15, 0.2) is 69.4 Å². The van der Waals surface area contributed by atoms with Crippen LogP contribution in [-0.2, 0) is 23.9 Å². The zero-order valence-corrected chi connectivity index (χ0v) is 20.3. The summed E-state index contributed by atoms with van der Waals surface area (Å²) in [6.07, 6.45) is 0.460. The Bertz CT molecular complexity index is 1190. The molecule has 0 unspecified atom stereocenters. The molecule has 35 heavy (non-hydrogen) atoms. The highest BCUT2D eigenvalue weighted by Gasteiger charge is 2.48. The first-order valence-corrected chi connectivity index (χ1v) is 11.6. The predicted octanol–water partition coefficient (Wildman–Crippen LogP) is 3.82. The Kier molecular flexibility index (Phi) is 7.10. The van der Waals surface area contributed by atoms with Crippen molar-refractivity contribution in [2.75, 3.05) is 20.3 Å². The maximum atomic E-state index is 13.6. The van der Waals surface area contributed by atoms with E-state index in [4.69, 9.17) is 18.6 Å². The third kappa shape index (κ3) is 4.87. The molecule has 2 heterocycles. The minimum absolute atomic E-state index is 0.0239. The molecule has 0 radical (unpaired) electrons. The third-order valence-corrected chi connectivity index (χ3v) is 6.34. The summed E-state index contributed by atoms with van der Waals surface area (Å²) in [7, 11) is 1.27. The number of aryl methyl sites for hydroxylation is 1. The number of nitrogens with one attached hydrogen (secondary N) is 1. The summed E-state index contributed by atoms with van der Waals surface area (Å²) in [6, 6.07) is 12.7. The Labute approximate surface area is 203 Å². The number of benzene rings is 1. The van der Waals surface area contributed by atoms with Crippen molar-refractivity contribution in [3.63, 3.8) is 0 Å². The molecule has 0 spiro atoms. The van der Waals surface area contributed by atoms with Gasteiger partial charge in [0.1, 0.15) is 36.4 Å². The molecule has 0 saturated carbocycles. The van der Waals surface area contributed by atoms with Crippen LogP contribution in [0.2, 0.25) is 0 Å². The van der Waals surface area contributed by atoms with E-state index in [0.717, 1.165) is 0 Å². The number of ether oxygens (including phenoxy) is 3. The van der Waals surface area contributed by atoms with Gasteiger partial charge in [-0.05, 0) is 50.5 Å². The SMILES string of the molecule is COC(=O)[C@H]1C(=O)C2=C(C[C@H]1C)NC(C)=C(C(=O)OCCOc1ccccc1)[C@@H]2c1ccc(C)o1. The number of para-hydroxylation sites is 1. The van der Waals surface area contributed by atoms with E-state index in [-0.39, 0.29) is 30.5 Å². The molecule has 1 N–H and O–H groups in total. The summed E-state index contributed by atoms with van der Waals surface area (Å²) in [6.45, 7) is 5.60. The number of rotatable bonds is 7. The lowest BCUT2D eigenvalue weighted by Crippen LogP contribution is -2.43. The zero-order valence-electron chi connectivity index (χ0n) is 20.3. The van der Waals surface area contributed by atoms with Crippen LogP contribution in [0, 0.1) is 18.8 Å². The van der Waals surface area contributed by atoms with Crippen molar-refractivity contribution in [2.24, 2.45) is 11.8 Å². The van der Waals surface area contributed by atoms with Crippen molar-refractivity contribution in [2.45, 2.75) is 33.1 Å². The van der Waals surface area contributed by atoms with E-state index in [1.807, 2.05) is 37.3 Å². The quantitative estimate of drug-likeness (QED) is 0.363. The molecule has 1 aliphatic carbocycles. The first-order valence-electron chi connectivity index (χ1n) is 11.6. The molecule has 1 aromatic carbocycles. The molecule has 8 heteroatoms. The molecule has 3 atom stereocenters.